The lowest BCUT2D eigenvalue weighted by Gasteiger charge is -2.39. The van der Waals surface area contributed by atoms with Crippen molar-refractivity contribution in [1.82, 2.24) is 10.2 Å². The first-order valence-electron chi connectivity index (χ1n) is 7.17. The van der Waals surface area contributed by atoms with Crippen molar-refractivity contribution < 1.29 is 4.79 Å². The van der Waals surface area contributed by atoms with Gasteiger partial charge in [0, 0.05) is 30.7 Å². The molecular weight excluding hydrogens is 236 g/mol. The molecule has 19 heavy (non-hydrogen) atoms. The van der Waals surface area contributed by atoms with Gasteiger partial charge in [0.15, 0.2) is 0 Å². The Kier molecular flexibility index (Phi) is 4.59. The number of piperazine rings is 1. The van der Waals surface area contributed by atoms with Gasteiger partial charge in [-0.1, -0.05) is 32.0 Å². The summed E-state index contributed by atoms with van der Waals surface area (Å²) in [4.78, 5) is 14.6. The van der Waals surface area contributed by atoms with E-state index in [4.69, 9.17) is 0 Å². The minimum atomic E-state index is 0.156. The van der Waals surface area contributed by atoms with Gasteiger partial charge in [-0.25, -0.2) is 0 Å². The van der Waals surface area contributed by atoms with Crippen molar-refractivity contribution in [2.24, 2.45) is 5.92 Å². The molecule has 1 aromatic carbocycles. The maximum atomic E-state index is 12.5. The molecule has 0 radical (unpaired) electrons. The lowest BCUT2D eigenvalue weighted by atomic mass is 9.99. The molecule has 0 aromatic heterocycles. The molecule has 1 aromatic rings. The number of hydrogen-bond acceptors (Lipinski definition) is 2. The van der Waals surface area contributed by atoms with Gasteiger partial charge < -0.3 is 10.2 Å². The predicted octanol–water partition coefficient (Wildman–Crippen LogP) is 2.54. The summed E-state index contributed by atoms with van der Waals surface area (Å²) in [5.41, 5.74) is 0.791. The molecular formula is C16H24N2O. The zero-order valence-electron chi connectivity index (χ0n) is 12.1. The summed E-state index contributed by atoms with van der Waals surface area (Å²) in [5, 5.41) is 3.54. The lowest BCUT2D eigenvalue weighted by Crippen LogP contribution is -2.57. The number of hydrogen-bond donors (Lipinski definition) is 1. The third-order valence-electron chi connectivity index (χ3n) is 3.69. The molecule has 0 aliphatic carbocycles. The van der Waals surface area contributed by atoms with Crippen LogP contribution in [0.3, 0.4) is 0 Å². The Morgan fingerprint density at radius 1 is 1.37 bits per heavy atom. The molecule has 1 aliphatic heterocycles. The zero-order chi connectivity index (χ0) is 13.8. The summed E-state index contributed by atoms with van der Waals surface area (Å²) in [6, 6.07) is 10.3. The monoisotopic (exact) mass is 260 g/mol. The molecule has 104 valence electrons. The fourth-order valence-corrected chi connectivity index (χ4v) is 2.69. The van der Waals surface area contributed by atoms with Crippen LogP contribution in [0.25, 0.3) is 0 Å². The van der Waals surface area contributed by atoms with Crippen molar-refractivity contribution in [1.29, 1.82) is 0 Å². The second-order valence-corrected chi connectivity index (χ2v) is 5.91. The van der Waals surface area contributed by atoms with Crippen LogP contribution in [0.15, 0.2) is 30.3 Å². The first-order valence-corrected chi connectivity index (χ1v) is 7.17. The maximum Gasteiger partial charge on any atom is 0.254 e. The molecule has 1 saturated heterocycles. The molecule has 1 N–H and O–H groups in total. The van der Waals surface area contributed by atoms with Gasteiger partial charge in [-0.15, -0.1) is 0 Å². The number of amides is 1. The Balaban J connectivity index is 2.07. The third-order valence-corrected chi connectivity index (χ3v) is 3.69. The van der Waals surface area contributed by atoms with Crippen LogP contribution < -0.4 is 5.32 Å². The van der Waals surface area contributed by atoms with Gasteiger partial charge in [0.1, 0.15) is 0 Å². The van der Waals surface area contributed by atoms with Gasteiger partial charge in [0.05, 0.1) is 0 Å². The van der Waals surface area contributed by atoms with Crippen molar-refractivity contribution >= 4 is 5.91 Å². The van der Waals surface area contributed by atoms with Gasteiger partial charge in [-0.2, -0.15) is 0 Å². The lowest BCUT2D eigenvalue weighted by molar-refractivity contribution is 0.0595. The number of rotatable bonds is 3. The van der Waals surface area contributed by atoms with Crippen LogP contribution in [0.1, 0.15) is 37.6 Å². The quantitative estimate of drug-likeness (QED) is 0.906. The molecule has 2 unspecified atom stereocenters. The molecule has 0 saturated carbocycles. The molecule has 2 rings (SSSR count). The molecule has 2 atom stereocenters. The van der Waals surface area contributed by atoms with Crippen molar-refractivity contribution in [2.75, 3.05) is 13.1 Å². The topological polar surface area (TPSA) is 32.3 Å². The van der Waals surface area contributed by atoms with E-state index < -0.39 is 0 Å². The Morgan fingerprint density at radius 2 is 2.05 bits per heavy atom. The minimum absolute atomic E-state index is 0.156. The zero-order valence-corrected chi connectivity index (χ0v) is 12.1. The van der Waals surface area contributed by atoms with Crippen molar-refractivity contribution in [2.45, 2.75) is 39.3 Å². The molecule has 1 aliphatic rings. The van der Waals surface area contributed by atoms with Gasteiger partial charge in [0.25, 0.3) is 5.91 Å². The summed E-state index contributed by atoms with van der Waals surface area (Å²) < 4.78 is 0. The number of nitrogens with zero attached hydrogens (tertiary/aromatic N) is 1. The van der Waals surface area contributed by atoms with Crippen LogP contribution in [0.4, 0.5) is 0 Å². The van der Waals surface area contributed by atoms with E-state index >= 15 is 0 Å². The SMILES string of the molecule is CC(C)CC1CN(C(=O)c2ccccc2)C(C)CN1. The Morgan fingerprint density at radius 3 is 2.68 bits per heavy atom. The third kappa shape index (κ3) is 3.57. The Bertz CT molecular complexity index is 416. The van der Waals surface area contributed by atoms with Gasteiger partial charge in [0.2, 0.25) is 0 Å². The van der Waals surface area contributed by atoms with E-state index in [1.165, 1.54) is 0 Å². The summed E-state index contributed by atoms with van der Waals surface area (Å²) >= 11 is 0. The molecule has 1 heterocycles. The summed E-state index contributed by atoms with van der Waals surface area (Å²) in [6.45, 7) is 8.26. The molecule has 0 bridgehead atoms. The summed E-state index contributed by atoms with van der Waals surface area (Å²) in [5.74, 6) is 0.808. The van der Waals surface area contributed by atoms with Crippen LogP contribution in [0.2, 0.25) is 0 Å². The molecule has 1 fully saturated rings. The molecule has 3 nitrogen and oxygen atoms in total. The van der Waals surface area contributed by atoms with Gasteiger partial charge in [-0.05, 0) is 31.4 Å². The summed E-state index contributed by atoms with van der Waals surface area (Å²) in [7, 11) is 0. The molecule has 0 spiro atoms. The van der Waals surface area contributed by atoms with Crippen LogP contribution in [0, 0.1) is 5.92 Å². The highest BCUT2D eigenvalue weighted by molar-refractivity contribution is 5.94. The highest BCUT2D eigenvalue weighted by Crippen LogP contribution is 2.16. The second kappa shape index (κ2) is 6.20. The standard InChI is InChI=1S/C16H24N2O/c1-12(2)9-15-11-18(13(3)10-17-15)16(19)14-7-5-4-6-8-14/h4-8,12-13,15,17H,9-11H2,1-3H3. The largest absolute Gasteiger partial charge is 0.333 e. The molecule has 1 amide bonds. The number of nitrogens with one attached hydrogen (secondary N) is 1. The number of carbonyl (C=O) groups excluding carboxylic acids is 1. The predicted molar refractivity (Wildman–Crippen MR) is 78.2 cm³/mol. The van der Waals surface area contributed by atoms with Gasteiger partial charge >= 0.3 is 0 Å². The Hall–Kier alpha value is -1.35. The van der Waals surface area contributed by atoms with Crippen LogP contribution in [0.5, 0.6) is 0 Å². The van der Waals surface area contributed by atoms with Gasteiger partial charge in [-0.3, -0.25) is 4.79 Å². The van der Waals surface area contributed by atoms with Crippen LogP contribution >= 0.6 is 0 Å². The van der Waals surface area contributed by atoms with E-state index in [9.17, 15) is 4.79 Å². The second-order valence-electron chi connectivity index (χ2n) is 5.91. The highest BCUT2D eigenvalue weighted by atomic mass is 16.2. The maximum absolute atomic E-state index is 12.5. The summed E-state index contributed by atoms with van der Waals surface area (Å²) in [6.07, 6.45) is 1.12. The average Bonchev–Trinajstić information content (AvgIpc) is 2.40. The Labute approximate surface area is 116 Å². The smallest absolute Gasteiger partial charge is 0.254 e. The number of carbonyl (C=O) groups is 1. The van der Waals surface area contributed by atoms with E-state index in [2.05, 4.69) is 26.1 Å². The first kappa shape index (κ1) is 14.1. The van der Waals surface area contributed by atoms with E-state index in [-0.39, 0.29) is 11.9 Å². The van der Waals surface area contributed by atoms with Crippen LogP contribution in [-0.4, -0.2) is 36.0 Å². The van der Waals surface area contributed by atoms with E-state index in [1.54, 1.807) is 0 Å². The number of benzene rings is 1. The van der Waals surface area contributed by atoms with Crippen molar-refractivity contribution in [3.63, 3.8) is 0 Å². The highest BCUT2D eigenvalue weighted by Gasteiger charge is 2.29. The fourth-order valence-electron chi connectivity index (χ4n) is 2.69. The van der Waals surface area contributed by atoms with E-state index in [1.807, 2.05) is 35.2 Å². The fraction of sp³-hybridized carbons (Fsp3) is 0.562. The molecule has 3 heteroatoms. The van der Waals surface area contributed by atoms with Crippen molar-refractivity contribution in [3.05, 3.63) is 35.9 Å². The van der Waals surface area contributed by atoms with E-state index in [0.717, 1.165) is 25.1 Å². The first-order chi connectivity index (χ1) is 9.08. The normalized spacial score (nSPS) is 23.7. The minimum Gasteiger partial charge on any atom is -0.333 e. The van der Waals surface area contributed by atoms with Crippen LogP contribution in [-0.2, 0) is 0 Å². The average molecular weight is 260 g/mol. The van der Waals surface area contributed by atoms with E-state index in [0.29, 0.717) is 12.0 Å². The van der Waals surface area contributed by atoms with Crippen molar-refractivity contribution in [3.8, 4) is 0 Å².